The molecule has 0 aromatic heterocycles. The average molecular weight is 300 g/mol. The molecule has 0 aromatic carbocycles. The lowest BCUT2D eigenvalue weighted by atomic mass is 10.1. The Kier molecular flexibility index (Phi) is 4.83. The van der Waals surface area contributed by atoms with Gasteiger partial charge >= 0.3 is 12.0 Å². The zero-order chi connectivity index (χ0) is 14.9. The van der Waals surface area contributed by atoms with E-state index < -0.39 is 12.0 Å². The number of hydrogen-bond donors (Lipinski definition) is 1. The van der Waals surface area contributed by atoms with Gasteiger partial charge in [-0.3, -0.25) is 4.90 Å². The number of hydrogen-bond acceptors (Lipinski definition) is 3. The van der Waals surface area contributed by atoms with Gasteiger partial charge in [0.25, 0.3) is 0 Å². The molecule has 0 spiro atoms. The van der Waals surface area contributed by atoms with E-state index in [1.165, 1.54) is 12.8 Å². The highest BCUT2D eigenvalue weighted by atomic mass is 32.2. The third-order valence-electron chi connectivity index (χ3n) is 3.94. The highest BCUT2D eigenvalue weighted by molar-refractivity contribution is 8.00. The number of rotatable bonds is 5. The fourth-order valence-electron chi connectivity index (χ4n) is 2.59. The van der Waals surface area contributed by atoms with Crippen LogP contribution < -0.4 is 0 Å². The van der Waals surface area contributed by atoms with Gasteiger partial charge in [-0.05, 0) is 31.6 Å². The van der Waals surface area contributed by atoms with Crippen LogP contribution in [0.25, 0.3) is 0 Å². The number of nitrogens with zero attached hydrogens (tertiary/aromatic N) is 2. The summed E-state index contributed by atoms with van der Waals surface area (Å²) in [5.74, 6) is 0.476. The number of carboxylic acids is 1. The molecule has 1 saturated carbocycles. The van der Waals surface area contributed by atoms with E-state index in [1.54, 1.807) is 16.7 Å². The van der Waals surface area contributed by atoms with E-state index in [2.05, 4.69) is 0 Å². The largest absolute Gasteiger partial charge is 0.480 e. The first kappa shape index (κ1) is 15.5. The molecule has 2 rings (SSSR count). The number of urea groups is 1. The maximum atomic E-state index is 12.7. The monoisotopic (exact) mass is 300 g/mol. The molecule has 2 aliphatic rings. The molecular weight excluding hydrogens is 276 g/mol. The summed E-state index contributed by atoms with van der Waals surface area (Å²) in [4.78, 5) is 27.6. The van der Waals surface area contributed by atoms with E-state index in [0.29, 0.717) is 18.2 Å². The summed E-state index contributed by atoms with van der Waals surface area (Å²) in [5.41, 5.74) is 0. The second kappa shape index (κ2) is 6.24. The van der Waals surface area contributed by atoms with Crippen LogP contribution in [0.4, 0.5) is 4.79 Å². The van der Waals surface area contributed by atoms with Crippen LogP contribution >= 0.6 is 11.8 Å². The quantitative estimate of drug-likeness (QED) is 0.846. The van der Waals surface area contributed by atoms with Crippen LogP contribution in [0.15, 0.2) is 0 Å². The highest BCUT2D eigenvalue weighted by Gasteiger charge is 2.44. The Balaban J connectivity index is 2.14. The van der Waals surface area contributed by atoms with E-state index in [9.17, 15) is 14.7 Å². The topological polar surface area (TPSA) is 60.9 Å². The van der Waals surface area contributed by atoms with Gasteiger partial charge in [-0.2, -0.15) is 0 Å². The lowest BCUT2D eigenvalue weighted by molar-refractivity contribution is -0.141. The van der Waals surface area contributed by atoms with Gasteiger partial charge < -0.3 is 10.0 Å². The molecule has 1 N–H and O–H groups in total. The molecule has 0 aromatic rings. The molecule has 5 nitrogen and oxygen atoms in total. The van der Waals surface area contributed by atoms with Crippen molar-refractivity contribution in [3.8, 4) is 0 Å². The summed E-state index contributed by atoms with van der Waals surface area (Å²) in [7, 11) is 0. The van der Waals surface area contributed by atoms with Gasteiger partial charge in [-0.25, -0.2) is 9.59 Å². The third kappa shape index (κ3) is 3.22. The Morgan fingerprint density at radius 1 is 1.40 bits per heavy atom. The number of amides is 2. The molecule has 2 atom stereocenters. The van der Waals surface area contributed by atoms with Crippen molar-refractivity contribution >= 4 is 23.8 Å². The van der Waals surface area contributed by atoms with Crippen molar-refractivity contribution in [1.82, 2.24) is 9.80 Å². The molecule has 2 unspecified atom stereocenters. The van der Waals surface area contributed by atoms with E-state index in [0.717, 1.165) is 6.54 Å². The van der Waals surface area contributed by atoms with Crippen LogP contribution in [0, 0.1) is 11.8 Å². The van der Waals surface area contributed by atoms with Crippen molar-refractivity contribution in [3.05, 3.63) is 0 Å². The van der Waals surface area contributed by atoms with Gasteiger partial charge in [0.2, 0.25) is 0 Å². The summed E-state index contributed by atoms with van der Waals surface area (Å²) < 4.78 is 0. The molecule has 1 saturated heterocycles. The van der Waals surface area contributed by atoms with E-state index in [1.807, 2.05) is 25.7 Å². The number of carboxylic acid groups (broad SMARTS) is 1. The van der Waals surface area contributed by atoms with E-state index >= 15 is 0 Å². The molecule has 1 aliphatic heterocycles. The summed E-state index contributed by atoms with van der Waals surface area (Å²) in [6, 6.07) is -0.788. The van der Waals surface area contributed by atoms with Crippen molar-refractivity contribution in [2.75, 3.05) is 18.8 Å². The maximum absolute atomic E-state index is 12.7. The van der Waals surface area contributed by atoms with Crippen LogP contribution in [0.1, 0.15) is 33.6 Å². The predicted octanol–water partition coefficient (Wildman–Crippen LogP) is 2.32. The van der Waals surface area contributed by atoms with Gasteiger partial charge in [0.15, 0.2) is 0 Å². The van der Waals surface area contributed by atoms with E-state index in [-0.39, 0.29) is 17.3 Å². The number of carbonyl (C=O) groups excluding carboxylic acids is 1. The highest BCUT2D eigenvalue weighted by Crippen LogP contribution is 2.36. The molecule has 0 bridgehead atoms. The lowest BCUT2D eigenvalue weighted by Crippen LogP contribution is -2.53. The first-order valence-electron chi connectivity index (χ1n) is 7.37. The van der Waals surface area contributed by atoms with Gasteiger partial charge in [0.1, 0.15) is 6.04 Å². The molecule has 20 heavy (non-hydrogen) atoms. The van der Waals surface area contributed by atoms with Gasteiger partial charge in [0, 0.05) is 18.8 Å². The van der Waals surface area contributed by atoms with Crippen molar-refractivity contribution in [2.45, 2.75) is 45.0 Å². The first-order chi connectivity index (χ1) is 9.45. The van der Waals surface area contributed by atoms with Crippen LogP contribution in [-0.2, 0) is 4.79 Å². The van der Waals surface area contributed by atoms with Gasteiger partial charge in [-0.15, -0.1) is 11.8 Å². The Hall–Kier alpha value is -0.910. The van der Waals surface area contributed by atoms with Crippen LogP contribution in [-0.4, -0.2) is 57.2 Å². The second-order valence-electron chi connectivity index (χ2n) is 5.99. The van der Waals surface area contributed by atoms with Crippen molar-refractivity contribution in [2.24, 2.45) is 11.8 Å². The van der Waals surface area contributed by atoms with Crippen LogP contribution in [0.2, 0.25) is 0 Å². The van der Waals surface area contributed by atoms with Crippen molar-refractivity contribution in [3.63, 3.8) is 0 Å². The summed E-state index contributed by atoms with van der Waals surface area (Å²) in [6.07, 6.45) is 2.38. The Labute approximate surface area is 124 Å². The minimum Gasteiger partial charge on any atom is -0.480 e. The zero-order valence-corrected chi connectivity index (χ0v) is 13.2. The molecular formula is C14H24N2O3S. The molecule has 0 radical (unpaired) electrons. The predicted molar refractivity (Wildman–Crippen MR) is 79.7 cm³/mol. The number of aliphatic carboxylic acids is 1. The summed E-state index contributed by atoms with van der Waals surface area (Å²) in [6.45, 7) is 7.46. The summed E-state index contributed by atoms with van der Waals surface area (Å²) in [5, 5.41) is 9.32. The fourth-order valence-corrected chi connectivity index (χ4v) is 4.06. The molecule has 1 heterocycles. The third-order valence-corrected chi connectivity index (χ3v) is 5.56. The number of thioether (sulfide) groups is 1. The van der Waals surface area contributed by atoms with Crippen molar-refractivity contribution in [1.29, 1.82) is 0 Å². The molecule has 114 valence electrons. The van der Waals surface area contributed by atoms with Gasteiger partial charge in [-0.1, -0.05) is 13.8 Å². The van der Waals surface area contributed by atoms with Crippen LogP contribution in [0.5, 0.6) is 0 Å². The average Bonchev–Trinajstić information content (AvgIpc) is 3.08. The molecule has 2 fully saturated rings. The fraction of sp³-hybridized carbons (Fsp3) is 0.857. The SMILES string of the molecule is CCN(CC1CC1)C(=O)N1C(C(=O)O)CSC1C(C)C. The molecule has 2 amide bonds. The Morgan fingerprint density at radius 3 is 2.50 bits per heavy atom. The van der Waals surface area contributed by atoms with Gasteiger partial charge in [0.05, 0.1) is 5.37 Å². The molecule has 1 aliphatic carbocycles. The normalized spacial score (nSPS) is 26.1. The second-order valence-corrected chi connectivity index (χ2v) is 7.14. The minimum atomic E-state index is -0.892. The standard InChI is InChI=1S/C14H24N2O3S/c1-4-15(7-10-5-6-10)14(19)16-11(13(17)18)8-20-12(16)9(2)3/h9-12H,4-8H2,1-3H3,(H,17,18). The maximum Gasteiger partial charge on any atom is 0.327 e. The van der Waals surface area contributed by atoms with Crippen molar-refractivity contribution < 1.29 is 14.7 Å². The van der Waals surface area contributed by atoms with Crippen LogP contribution in [0.3, 0.4) is 0 Å². The smallest absolute Gasteiger partial charge is 0.327 e. The first-order valence-corrected chi connectivity index (χ1v) is 8.42. The number of carbonyl (C=O) groups is 2. The summed E-state index contributed by atoms with van der Waals surface area (Å²) >= 11 is 1.58. The zero-order valence-electron chi connectivity index (χ0n) is 12.4. The van der Waals surface area contributed by atoms with E-state index in [4.69, 9.17) is 0 Å². The lowest BCUT2D eigenvalue weighted by Gasteiger charge is -2.34. The Morgan fingerprint density at radius 2 is 2.05 bits per heavy atom. The Bertz CT molecular complexity index is 385. The molecule has 6 heteroatoms. The minimum absolute atomic E-state index is 0.0307.